The lowest BCUT2D eigenvalue weighted by Gasteiger charge is -2.12. The molecule has 1 amide bonds. The topological polar surface area (TPSA) is 38.3 Å². The second kappa shape index (κ2) is 5.36. The SMILES string of the molecule is O=C(NC1COc2ccccc21)c1ccc(C(F)(F)F)cc1. The summed E-state index contributed by atoms with van der Waals surface area (Å²) >= 11 is 0. The first-order valence-corrected chi connectivity index (χ1v) is 6.65. The van der Waals surface area contributed by atoms with Gasteiger partial charge in [-0.15, -0.1) is 0 Å². The second-order valence-corrected chi connectivity index (χ2v) is 4.95. The number of carbonyl (C=O) groups excluding carboxylic acids is 1. The van der Waals surface area contributed by atoms with Crippen molar-refractivity contribution in [1.82, 2.24) is 5.32 Å². The molecule has 0 aromatic heterocycles. The number of para-hydroxylation sites is 1. The molecule has 0 fully saturated rings. The zero-order valence-corrected chi connectivity index (χ0v) is 11.4. The Bertz CT molecular complexity index is 695. The van der Waals surface area contributed by atoms with E-state index in [1.54, 1.807) is 6.07 Å². The van der Waals surface area contributed by atoms with Gasteiger partial charge >= 0.3 is 6.18 Å². The maximum absolute atomic E-state index is 12.5. The van der Waals surface area contributed by atoms with E-state index in [4.69, 9.17) is 4.74 Å². The van der Waals surface area contributed by atoms with Crippen LogP contribution in [-0.2, 0) is 6.18 Å². The largest absolute Gasteiger partial charge is 0.491 e. The maximum atomic E-state index is 12.5. The van der Waals surface area contributed by atoms with Gasteiger partial charge in [-0.2, -0.15) is 13.2 Å². The molecule has 1 atom stereocenters. The van der Waals surface area contributed by atoms with Gasteiger partial charge in [0.25, 0.3) is 5.91 Å². The van der Waals surface area contributed by atoms with Crippen molar-refractivity contribution >= 4 is 5.91 Å². The highest BCUT2D eigenvalue weighted by atomic mass is 19.4. The highest BCUT2D eigenvalue weighted by molar-refractivity contribution is 5.94. The van der Waals surface area contributed by atoms with Crippen LogP contribution < -0.4 is 10.1 Å². The van der Waals surface area contributed by atoms with Crippen molar-refractivity contribution in [3.05, 3.63) is 65.2 Å². The minimum atomic E-state index is -4.41. The highest BCUT2D eigenvalue weighted by Crippen LogP contribution is 2.32. The molecule has 6 heteroatoms. The molecule has 22 heavy (non-hydrogen) atoms. The van der Waals surface area contributed by atoms with Gasteiger partial charge in [0.2, 0.25) is 0 Å². The minimum absolute atomic E-state index is 0.178. The summed E-state index contributed by atoms with van der Waals surface area (Å²) < 4.78 is 42.9. The van der Waals surface area contributed by atoms with Crippen LogP contribution in [0.4, 0.5) is 13.2 Å². The summed E-state index contributed by atoms with van der Waals surface area (Å²) in [4.78, 5) is 12.1. The van der Waals surface area contributed by atoms with Crippen molar-refractivity contribution in [3.8, 4) is 5.75 Å². The van der Waals surface area contributed by atoms with E-state index >= 15 is 0 Å². The van der Waals surface area contributed by atoms with E-state index in [9.17, 15) is 18.0 Å². The number of ether oxygens (including phenoxy) is 1. The number of hydrogen-bond acceptors (Lipinski definition) is 2. The lowest BCUT2D eigenvalue weighted by atomic mass is 10.1. The molecule has 1 unspecified atom stereocenters. The third-order valence-corrected chi connectivity index (χ3v) is 3.48. The number of fused-ring (bicyclic) bond motifs is 1. The molecule has 1 N–H and O–H groups in total. The molecule has 1 aliphatic heterocycles. The molecule has 0 bridgehead atoms. The fourth-order valence-electron chi connectivity index (χ4n) is 2.33. The number of rotatable bonds is 2. The fourth-order valence-corrected chi connectivity index (χ4v) is 2.33. The van der Waals surface area contributed by atoms with Crippen LogP contribution >= 0.6 is 0 Å². The molecule has 3 nitrogen and oxygen atoms in total. The monoisotopic (exact) mass is 307 g/mol. The number of carbonyl (C=O) groups is 1. The average Bonchev–Trinajstić information content (AvgIpc) is 2.90. The van der Waals surface area contributed by atoms with Gasteiger partial charge < -0.3 is 10.1 Å². The zero-order valence-electron chi connectivity index (χ0n) is 11.4. The predicted octanol–water partition coefficient (Wildman–Crippen LogP) is 3.57. The first-order chi connectivity index (χ1) is 10.4. The summed E-state index contributed by atoms with van der Waals surface area (Å²) in [5.74, 6) is 0.277. The second-order valence-electron chi connectivity index (χ2n) is 4.95. The van der Waals surface area contributed by atoms with Gasteiger partial charge in [-0.1, -0.05) is 18.2 Å². The van der Waals surface area contributed by atoms with E-state index in [0.29, 0.717) is 12.4 Å². The van der Waals surface area contributed by atoms with Gasteiger partial charge in [-0.3, -0.25) is 4.79 Å². The van der Waals surface area contributed by atoms with Crippen molar-refractivity contribution in [2.24, 2.45) is 0 Å². The molecule has 1 aliphatic rings. The molecule has 0 saturated carbocycles. The molecule has 0 saturated heterocycles. The zero-order chi connectivity index (χ0) is 15.7. The Morgan fingerprint density at radius 1 is 1.09 bits per heavy atom. The standard InChI is InChI=1S/C16H12F3NO2/c17-16(18,19)11-7-5-10(6-8-11)15(21)20-13-9-22-14-4-2-1-3-12(13)14/h1-8,13H,9H2,(H,20,21). The van der Waals surface area contributed by atoms with Gasteiger partial charge in [-0.25, -0.2) is 0 Å². The Balaban J connectivity index is 1.73. The number of alkyl halides is 3. The Morgan fingerprint density at radius 3 is 2.45 bits per heavy atom. The lowest BCUT2D eigenvalue weighted by molar-refractivity contribution is -0.137. The first kappa shape index (κ1) is 14.4. The normalized spacial score (nSPS) is 16.8. The van der Waals surface area contributed by atoms with Gasteiger partial charge in [0.15, 0.2) is 0 Å². The molecule has 2 aromatic rings. The van der Waals surface area contributed by atoms with Crippen LogP contribution in [0, 0.1) is 0 Å². The van der Waals surface area contributed by atoms with Crippen molar-refractivity contribution < 1.29 is 22.7 Å². The number of benzene rings is 2. The summed E-state index contributed by atoms with van der Waals surface area (Å²) in [6, 6.07) is 11.1. The van der Waals surface area contributed by atoms with E-state index in [2.05, 4.69) is 5.32 Å². The van der Waals surface area contributed by atoms with Gasteiger partial charge in [0.1, 0.15) is 12.4 Å². The van der Waals surface area contributed by atoms with E-state index < -0.39 is 17.6 Å². The van der Waals surface area contributed by atoms with Crippen LogP contribution in [0.5, 0.6) is 5.75 Å². The fraction of sp³-hybridized carbons (Fsp3) is 0.188. The number of hydrogen-bond donors (Lipinski definition) is 1. The predicted molar refractivity (Wildman–Crippen MR) is 73.6 cm³/mol. The lowest BCUT2D eigenvalue weighted by Crippen LogP contribution is -2.29. The third kappa shape index (κ3) is 2.77. The number of amides is 1. The third-order valence-electron chi connectivity index (χ3n) is 3.48. The quantitative estimate of drug-likeness (QED) is 0.921. The van der Waals surface area contributed by atoms with Gasteiger partial charge in [-0.05, 0) is 30.3 Å². The molecule has 114 valence electrons. The van der Waals surface area contributed by atoms with Crippen LogP contribution in [0.2, 0.25) is 0 Å². The van der Waals surface area contributed by atoms with Crippen molar-refractivity contribution in [1.29, 1.82) is 0 Å². The van der Waals surface area contributed by atoms with E-state index in [1.165, 1.54) is 12.1 Å². The van der Waals surface area contributed by atoms with Crippen LogP contribution in [-0.4, -0.2) is 12.5 Å². The van der Waals surface area contributed by atoms with Gasteiger partial charge in [0, 0.05) is 11.1 Å². The molecule has 2 aromatic carbocycles. The Labute approximate surface area is 124 Å². The highest BCUT2D eigenvalue weighted by Gasteiger charge is 2.30. The smallest absolute Gasteiger partial charge is 0.416 e. The minimum Gasteiger partial charge on any atom is -0.491 e. The van der Waals surface area contributed by atoms with Crippen molar-refractivity contribution in [3.63, 3.8) is 0 Å². The number of nitrogens with one attached hydrogen (secondary N) is 1. The molecule has 0 aliphatic carbocycles. The summed E-state index contributed by atoms with van der Waals surface area (Å²) in [6.45, 7) is 0.311. The summed E-state index contributed by atoms with van der Waals surface area (Å²) in [5, 5.41) is 2.76. The molecule has 0 spiro atoms. The van der Waals surface area contributed by atoms with Crippen LogP contribution in [0.3, 0.4) is 0 Å². The Morgan fingerprint density at radius 2 is 1.77 bits per heavy atom. The van der Waals surface area contributed by atoms with Crippen LogP contribution in [0.1, 0.15) is 27.5 Å². The average molecular weight is 307 g/mol. The van der Waals surface area contributed by atoms with Crippen molar-refractivity contribution in [2.75, 3.05) is 6.61 Å². The van der Waals surface area contributed by atoms with E-state index in [-0.39, 0.29) is 11.6 Å². The van der Waals surface area contributed by atoms with Crippen molar-refractivity contribution in [2.45, 2.75) is 12.2 Å². The molecule has 0 radical (unpaired) electrons. The summed E-state index contributed by atoms with van der Waals surface area (Å²) in [5.41, 5.74) is 0.263. The summed E-state index contributed by atoms with van der Waals surface area (Å²) in [6.07, 6.45) is -4.41. The summed E-state index contributed by atoms with van der Waals surface area (Å²) in [7, 11) is 0. The molecule has 1 heterocycles. The van der Waals surface area contributed by atoms with E-state index in [0.717, 1.165) is 17.7 Å². The number of halogens is 3. The molecule has 3 rings (SSSR count). The Hall–Kier alpha value is -2.50. The van der Waals surface area contributed by atoms with Crippen LogP contribution in [0.15, 0.2) is 48.5 Å². The molecular weight excluding hydrogens is 295 g/mol. The molecular formula is C16H12F3NO2. The van der Waals surface area contributed by atoms with Crippen LogP contribution in [0.25, 0.3) is 0 Å². The first-order valence-electron chi connectivity index (χ1n) is 6.65. The van der Waals surface area contributed by atoms with Gasteiger partial charge in [0.05, 0.1) is 11.6 Å². The Kier molecular flexibility index (Phi) is 3.52. The maximum Gasteiger partial charge on any atom is 0.416 e. The van der Waals surface area contributed by atoms with E-state index in [1.807, 2.05) is 18.2 Å².